The van der Waals surface area contributed by atoms with Gasteiger partial charge in [-0.1, -0.05) is 31.6 Å². The van der Waals surface area contributed by atoms with Crippen LogP contribution in [0.1, 0.15) is 74.8 Å². The molecule has 2 heterocycles. The molecule has 0 radical (unpaired) electrons. The van der Waals surface area contributed by atoms with Crippen LogP contribution in [0.5, 0.6) is 0 Å². The Bertz CT molecular complexity index is 1270. The van der Waals surface area contributed by atoms with E-state index in [0.29, 0.717) is 23.3 Å². The zero-order valence-electron chi connectivity index (χ0n) is 21.1. The van der Waals surface area contributed by atoms with Crippen LogP contribution in [-0.2, 0) is 6.18 Å². The molecule has 6 atom stereocenters. The molecule has 9 heteroatoms. The maximum absolute atomic E-state index is 13.2. The highest BCUT2D eigenvalue weighted by Gasteiger charge is 2.57. The number of halogens is 3. The Kier molecular flexibility index (Phi) is 5.62. The summed E-state index contributed by atoms with van der Waals surface area (Å²) in [7, 11) is 0. The monoisotopic (exact) mass is 511 g/mol. The summed E-state index contributed by atoms with van der Waals surface area (Å²) in [5.41, 5.74) is 2.06. The van der Waals surface area contributed by atoms with E-state index in [1.165, 1.54) is 24.3 Å². The van der Waals surface area contributed by atoms with Crippen molar-refractivity contribution in [2.45, 2.75) is 71.0 Å². The van der Waals surface area contributed by atoms with Crippen molar-refractivity contribution in [1.29, 1.82) is 0 Å². The summed E-state index contributed by atoms with van der Waals surface area (Å²) in [6, 6.07) is 1.78. The van der Waals surface area contributed by atoms with E-state index in [4.69, 9.17) is 0 Å². The van der Waals surface area contributed by atoms with Gasteiger partial charge in [0.15, 0.2) is 5.69 Å². The van der Waals surface area contributed by atoms with Crippen molar-refractivity contribution in [3.63, 3.8) is 0 Å². The number of hydrogen-bond acceptors (Lipinski definition) is 4. The number of carbonyl (C=O) groups is 1. The number of alkyl halides is 3. The minimum absolute atomic E-state index is 0.102. The summed E-state index contributed by atoms with van der Waals surface area (Å²) in [6.07, 6.45) is 12.3. The topological polar surface area (TPSA) is 72.7 Å². The Morgan fingerprint density at radius 3 is 2.62 bits per heavy atom. The van der Waals surface area contributed by atoms with Crippen LogP contribution in [0.15, 0.2) is 48.7 Å². The SMILES string of the molecule is C[C@]12CC[C@H](NC(=O)c3ccnnc3)CC1=CCC1C2CC[C@]2(C)C(n3cnc(C(F)(F)F)c3)=CCC12. The van der Waals surface area contributed by atoms with Crippen LogP contribution in [0.25, 0.3) is 5.70 Å². The average Bonchev–Trinajstić information content (AvgIpc) is 3.49. The van der Waals surface area contributed by atoms with E-state index >= 15 is 0 Å². The van der Waals surface area contributed by atoms with Gasteiger partial charge in [-0.25, -0.2) is 4.98 Å². The van der Waals surface area contributed by atoms with Crippen LogP contribution in [0.2, 0.25) is 0 Å². The van der Waals surface area contributed by atoms with Gasteiger partial charge in [-0.05, 0) is 74.2 Å². The number of amides is 1. The Balaban J connectivity index is 1.19. The fraction of sp³-hybridized carbons (Fsp3) is 0.571. The van der Waals surface area contributed by atoms with Crippen LogP contribution in [0.4, 0.5) is 13.2 Å². The van der Waals surface area contributed by atoms with Crippen molar-refractivity contribution in [1.82, 2.24) is 25.1 Å². The van der Waals surface area contributed by atoms with E-state index in [0.717, 1.165) is 56.8 Å². The minimum atomic E-state index is -4.44. The summed E-state index contributed by atoms with van der Waals surface area (Å²) >= 11 is 0. The van der Waals surface area contributed by atoms with Crippen LogP contribution in [-0.4, -0.2) is 31.7 Å². The predicted octanol–water partition coefficient (Wildman–Crippen LogP) is 5.90. The van der Waals surface area contributed by atoms with Crippen molar-refractivity contribution in [2.75, 3.05) is 0 Å². The molecule has 2 aromatic heterocycles. The number of imidazole rings is 1. The van der Waals surface area contributed by atoms with E-state index in [9.17, 15) is 18.0 Å². The van der Waals surface area contributed by atoms with Crippen molar-refractivity contribution >= 4 is 11.6 Å². The molecule has 0 spiro atoms. The third kappa shape index (κ3) is 3.92. The number of hydrogen-bond donors (Lipinski definition) is 1. The predicted molar refractivity (Wildman–Crippen MR) is 132 cm³/mol. The Morgan fingerprint density at radius 1 is 1.08 bits per heavy atom. The number of aromatic nitrogens is 4. The highest BCUT2D eigenvalue weighted by Crippen LogP contribution is 2.65. The average molecular weight is 512 g/mol. The third-order valence-electron chi connectivity index (χ3n) is 9.98. The summed E-state index contributed by atoms with van der Waals surface area (Å²) in [4.78, 5) is 16.3. The number of fused-ring (bicyclic) bond motifs is 5. The standard InChI is InChI=1S/C28H32F3N5O/c1-26-10-7-19(35-25(37)17-9-12-33-34-14-17)13-18(26)3-4-20-21-5-6-24(27(21,2)11-8-22(20)26)36-15-23(32-16-36)28(29,30)31/h3,6,9,12,14-16,19-22H,4-5,7-8,10-11,13H2,1-2H3,(H,35,37)/t19-,20?,21?,22?,26-,27-/m0/s1. The molecule has 2 saturated carbocycles. The molecule has 2 fully saturated rings. The number of nitrogens with zero attached hydrogens (tertiary/aromatic N) is 4. The van der Waals surface area contributed by atoms with Crippen LogP contribution < -0.4 is 5.32 Å². The first-order chi connectivity index (χ1) is 17.6. The quantitative estimate of drug-likeness (QED) is 0.521. The zero-order chi connectivity index (χ0) is 26.0. The van der Waals surface area contributed by atoms with Gasteiger partial charge in [-0.15, -0.1) is 0 Å². The molecule has 37 heavy (non-hydrogen) atoms. The Labute approximate surface area is 214 Å². The molecule has 196 valence electrons. The van der Waals surface area contributed by atoms with E-state index in [1.54, 1.807) is 10.6 Å². The second kappa shape index (κ2) is 8.53. The molecule has 4 aliphatic carbocycles. The summed E-state index contributed by atoms with van der Waals surface area (Å²) < 4.78 is 41.2. The van der Waals surface area contributed by atoms with Gasteiger partial charge in [0.05, 0.1) is 24.3 Å². The lowest BCUT2D eigenvalue weighted by atomic mass is 9.47. The fourth-order valence-electron chi connectivity index (χ4n) is 8.02. The van der Waals surface area contributed by atoms with E-state index in [2.05, 4.69) is 46.5 Å². The summed E-state index contributed by atoms with van der Waals surface area (Å²) in [6.45, 7) is 4.64. The number of nitrogens with one attached hydrogen (secondary N) is 1. The molecule has 4 aliphatic rings. The molecule has 0 bridgehead atoms. The van der Waals surface area contributed by atoms with Gasteiger partial charge in [-0.3, -0.25) is 4.79 Å². The maximum atomic E-state index is 13.2. The largest absolute Gasteiger partial charge is 0.434 e. The van der Waals surface area contributed by atoms with Gasteiger partial charge in [0.25, 0.3) is 5.91 Å². The first kappa shape index (κ1) is 24.4. The number of rotatable bonds is 3. The Morgan fingerprint density at radius 2 is 1.89 bits per heavy atom. The number of allylic oxidation sites excluding steroid dienone is 3. The zero-order valence-corrected chi connectivity index (χ0v) is 21.1. The molecular formula is C28H32F3N5O. The maximum Gasteiger partial charge on any atom is 0.434 e. The summed E-state index contributed by atoms with van der Waals surface area (Å²) in [5, 5.41) is 10.7. The molecule has 0 saturated heterocycles. The van der Waals surface area contributed by atoms with Crippen molar-refractivity contribution in [2.24, 2.45) is 28.6 Å². The lowest BCUT2D eigenvalue weighted by Gasteiger charge is -2.58. The molecular weight excluding hydrogens is 479 g/mol. The molecule has 2 aromatic rings. The lowest BCUT2D eigenvalue weighted by Crippen LogP contribution is -2.51. The second-order valence-electron chi connectivity index (χ2n) is 11.7. The molecule has 0 aliphatic heterocycles. The van der Waals surface area contributed by atoms with E-state index in [1.807, 2.05) is 0 Å². The van der Waals surface area contributed by atoms with Crippen molar-refractivity contribution < 1.29 is 18.0 Å². The molecule has 6 nitrogen and oxygen atoms in total. The molecule has 1 N–H and O–H groups in total. The first-order valence-corrected chi connectivity index (χ1v) is 13.2. The van der Waals surface area contributed by atoms with Crippen LogP contribution in [0, 0.1) is 28.6 Å². The molecule has 6 rings (SSSR count). The summed E-state index contributed by atoms with van der Waals surface area (Å²) in [5.74, 6) is 1.35. The van der Waals surface area contributed by atoms with Gasteiger partial charge in [0.2, 0.25) is 0 Å². The minimum Gasteiger partial charge on any atom is -0.349 e. The second-order valence-corrected chi connectivity index (χ2v) is 11.7. The van der Waals surface area contributed by atoms with Gasteiger partial charge in [0, 0.05) is 23.4 Å². The van der Waals surface area contributed by atoms with Gasteiger partial charge >= 0.3 is 6.18 Å². The first-order valence-electron chi connectivity index (χ1n) is 13.2. The van der Waals surface area contributed by atoms with Crippen LogP contribution >= 0.6 is 0 Å². The Hall–Kier alpha value is -2.97. The molecule has 1 amide bonds. The van der Waals surface area contributed by atoms with Crippen LogP contribution in [0.3, 0.4) is 0 Å². The normalized spacial score (nSPS) is 35.1. The van der Waals surface area contributed by atoms with E-state index in [-0.39, 0.29) is 22.8 Å². The van der Waals surface area contributed by atoms with Crippen molar-refractivity contribution in [3.8, 4) is 0 Å². The molecule has 3 unspecified atom stereocenters. The molecule has 0 aromatic carbocycles. The third-order valence-corrected chi connectivity index (χ3v) is 9.98. The smallest absolute Gasteiger partial charge is 0.349 e. The van der Waals surface area contributed by atoms with Gasteiger partial charge in [0.1, 0.15) is 0 Å². The highest BCUT2D eigenvalue weighted by molar-refractivity contribution is 5.93. The lowest BCUT2D eigenvalue weighted by molar-refractivity contribution is -0.140. The van der Waals surface area contributed by atoms with E-state index < -0.39 is 11.9 Å². The van der Waals surface area contributed by atoms with Gasteiger partial charge in [-0.2, -0.15) is 23.4 Å². The number of carbonyl (C=O) groups excluding carboxylic acids is 1. The van der Waals surface area contributed by atoms with Crippen molar-refractivity contribution in [3.05, 3.63) is 60.0 Å². The fourth-order valence-corrected chi connectivity index (χ4v) is 8.02. The highest BCUT2D eigenvalue weighted by atomic mass is 19.4. The van der Waals surface area contributed by atoms with Gasteiger partial charge < -0.3 is 9.88 Å².